The standard InChI is InChI=1S/C14H17BrN2O3/c1-14(12(18)19)8-4-5-9-17(14)13(20)16-11-7-3-2-6-10(11)15/h2-3,6-7H,4-5,8-9H2,1H3,(H,16,20)(H,18,19). The number of aliphatic carboxylic acids is 1. The Morgan fingerprint density at radius 3 is 2.70 bits per heavy atom. The van der Waals surface area contributed by atoms with Crippen molar-refractivity contribution in [3.8, 4) is 0 Å². The maximum atomic E-state index is 12.4. The summed E-state index contributed by atoms with van der Waals surface area (Å²) in [6.45, 7) is 2.06. The lowest BCUT2D eigenvalue weighted by atomic mass is 9.89. The number of anilines is 1. The van der Waals surface area contributed by atoms with E-state index in [1.54, 1.807) is 13.0 Å². The zero-order chi connectivity index (χ0) is 14.8. The Hall–Kier alpha value is -1.56. The van der Waals surface area contributed by atoms with Gasteiger partial charge >= 0.3 is 12.0 Å². The highest BCUT2D eigenvalue weighted by Crippen LogP contribution is 2.30. The summed E-state index contributed by atoms with van der Waals surface area (Å²) in [5, 5.41) is 12.2. The summed E-state index contributed by atoms with van der Waals surface area (Å²) in [5.74, 6) is -0.959. The van der Waals surface area contributed by atoms with E-state index in [1.807, 2.05) is 18.2 Å². The molecule has 2 N–H and O–H groups in total. The number of amides is 2. The number of urea groups is 1. The molecule has 6 heteroatoms. The largest absolute Gasteiger partial charge is 0.480 e. The van der Waals surface area contributed by atoms with Gasteiger partial charge in [-0.2, -0.15) is 0 Å². The fourth-order valence-corrected chi connectivity index (χ4v) is 2.80. The highest BCUT2D eigenvalue weighted by Gasteiger charge is 2.44. The number of nitrogens with one attached hydrogen (secondary N) is 1. The molecule has 1 fully saturated rings. The van der Waals surface area contributed by atoms with Crippen molar-refractivity contribution in [3.63, 3.8) is 0 Å². The lowest BCUT2D eigenvalue weighted by Crippen LogP contribution is -2.58. The van der Waals surface area contributed by atoms with Crippen LogP contribution in [0.3, 0.4) is 0 Å². The molecule has 2 rings (SSSR count). The molecule has 2 amide bonds. The number of carboxylic acid groups (broad SMARTS) is 1. The normalized spacial score (nSPS) is 22.4. The lowest BCUT2D eigenvalue weighted by molar-refractivity contribution is -0.150. The van der Waals surface area contributed by atoms with E-state index >= 15 is 0 Å². The van der Waals surface area contributed by atoms with E-state index in [-0.39, 0.29) is 6.03 Å². The number of likely N-dealkylation sites (tertiary alicyclic amines) is 1. The summed E-state index contributed by atoms with van der Waals surface area (Å²) in [6.07, 6.45) is 2.12. The summed E-state index contributed by atoms with van der Waals surface area (Å²) < 4.78 is 0.766. The van der Waals surface area contributed by atoms with E-state index < -0.39 is 11.5 Å². The molecule has 1 atom stereocenters. The molecule has 1 saturated heterocycles. The number of carbonyl (C=O) groups excluding carboxylic acids is 1. The highest BCUT2D eigenvalue weighted by molar-refractivity contribution is 9.10. The number of carbonyl (C=O) groups is 2. The molecule has 0 radical (unpaired) electrons. The lowest BCUT2D eigenvalue weighted by Gasteiger charge is -2.41. The minimum Gasteiger partial charge on any atom is -0.480 e. The summed E-state index contributed by atoms with van der Waals surface area (Å²) in [7, 11) is 0. The number of rotatable bonds is 2. The summed E-state index contributed by atoms with van der Waals surface area (Å²) >= 11 is 3.36. The van der Waals surface area contributed by atoms with Crippen LogP contribution >= 0.6 is 15.9 Å². The number of hydrogen-bond acceptors (Lipinski definition) is 2. The van der Waals surface area contributed by atoms with Gasteiger partial charge in [0, 0.05) is 11.0 Å². The average molecular weight is 341 g/mol. The Kier molecular flexibility index (Phi) is 4.32. The quantitative estimate of drug-likeness (QED) is 0.867. The zero-order valence-electron chi connectivity index (χ0n) is 11.2. The smallest absolute Gasteiger partial charge is 0.329 e. The molecule has 1 aromatic rings. The monoisotopic (exact) mass is 340 g/mol. The molecule has 1 aromatic carbocycles. The van der Waals surface area contributed by atoms with E-state index in [2.05, 4.69) is 21.2 Å². The van der Waals surface area contributed by atoms with Crippen LogP contribution in [0.4, 0.5) is 10.5 Å². The molecule has 0 aliphatic carbocycles. The van der Waals surface area contributed by atoms with Gasteiger partial charge in [0.25, 0.3) is 0 Å². The van der Waals surface area contributed by atoms with Crippen LogP contribution in [0.5, 0.6) is 0 Å². The van der Waals surface area contributed by atoms with Gasteiger partial charge in [0.15, 0.2) is 0 Å². The number of para-hydroxylation sites is 1. The SMILES string of the molecule is CC1(C(=O)O)CCCCN1C(=O)Nc1ccccc1Br. The van der Waals surface area contributed by atoms with Crippen LogP contribution in [-0.4, -0.2) is 34.1 Å². The van der Waals surface area contributed by atoms with Gasteiger partial charge in [0.1, 0.15) is 5.54 Å². The number of nitrogens with zero attached hydrogens (tertiary/aromatic N) is 1. The number of carboxylic acids is 1. The molecular formula is C14H17BrN2O3. The third-order valence-electron chi connectivity index (χ3n) is 3.71. The molecule has 1 aliphatic rings. The first-order chi connectivity index (χ1) is 9.45. The summed E-state index contributed by atoms with van der Waals surface area (Å²) in [4.78, 5) is 25.3. The van der Waals surface area contributed by atoms with Crippen molar-refractivity contribution in [2.75, 3.05) is 11.9 Å². The highest BCUT2D eigenvalue weighted by atomic mass is 79.9. The van der Waals surface area contributed by atoms with Crippen LogP contribution < -0.4 is 5.32 Å². The van der Waals surface area contributed by atoms with Crippen molar-refractivity contribution >= 4 is 33.6 Å². The Balaban J connectivity index is 2.19. The number of hydrogen-bond donors (Lipinski definition) is 2. The van der Waals surface area contributed by atoms with Crippen LogP contribution in [0, 0.1) is 0 Å². The number of piperidine rings is 1. The van der Waals surface area contributed by atoms with Gasteiger partial charge in [-0.15, -0.1) is 0 Å². The van der Waals surface area contributed by atoms with Crippen molar-refractivity contribution < 1.29 is 14.7 Å². The van der Waals surface area contributed by atoms with Gasteiger partial charge in [-0.3, -0.25) is 0 Å². The third kappa shape index (κ3) is 2.80. The van der Waals surface area contributed by atoms with Gasteiger partial charge in [-0.05, 0) is 54.2 Å². The first-order valence-corrected chi connectivity index (χ1v) is 7.31. The first kappa shape index (κ1) is 14.8. The van der Waals surface area contributed by atoms with E-state index in [0.29, 0.717) is 18.7 Å². The minimum atomic E-state index is -1.14. The molecule has 0 bridgehead atoms. The van der Waals surface area contributed by atoms with Gasteiger partial charge < -0.3 is 15.3 Å². The molecule has 1 aliphatic heterocycles. The van der Waals surface area contributed by atoms with E-state index in [0.717, 1.165) is 17.3 Å². The molecule has 108 valence electrons. The van der Waals surface area contributed by atoms with Crippen LogP contribution in [0.15, 0.2) is 28.7 Å². The van der Waals surface area contributed by atoms with E-state index in [1.165, 1.54) is 4.90 Å². The zero-order valence-corrected chi connectivity index (χ0v) is 12.8. The molecule has 0 saturated carbocycles. The molecule has 1 unspecified atom stereocenters. The van der Waals surface area contributed by atoms with Crippen LogP contribution in [-0.2, 0) is 4.79 Å². The van der Waals surface area contributed by atoms with Crippen LogP contribution in [0.25, 0.3) is 0 Å². The second-order valence-corrected chi connectivity index (χ2v) is 5.95. The van der Waals surface area contributed by atoms with Gasteiger partial charge in [0.05, 0.1) is 5.69 Å². The maximum Gasteiger partial charge on any atom is 0.329 e. The molecule has 20 heavy (non-hydrogen) atoms. The van der Waals surface area contributed by atoms with Crippen molar-refractivity contribution in [2.24, 2.45) is 0 Å². The Morgan fingerprint density at radius 1 is 1.35 bits per heavy atom. The van der Waals surface area contributed by atoms with Gasteiger partial charge in [-0.1, -0.05) is 12.1 Å². The van der Waals surface area contributed by atoms with Gasteiger partial charge in [-0.25, -0.2) is 9.59 Å². The predicted molar refractivity (Wildman–Crippen MR) is 79.8 cm³/mol. The minimum absolute atomic E-state index is 0.374. The predicted octanol–water partition coefficient (Wildman–Crippen LogP) is 3.31. The first-order valence-electron chi connectivity index (χ1n) is 6.52. The van der Waals surface area contributed by atoms with Crippen LogP contribution in [0.2, 0.25) is 0 Å². The Labute approximate surface area is 126 Å². The van der Waals surface area contributed by atoms with Crippen molar-refractivity contribution in [1.82, 2.24) is 4.90 Å². The fraction of sp³-hybridized carbons (Fsp3) is 0.429. The maximum absolute atomic E-state index is 12.4. The summed E-state index contributed by atoms with van der Waals surface area (Å²) in [6, 6.07) is 6.88. The summed E-state index contributed by atoms with van der Waals surface area (Å²) in [5.41, 5.74) is -0.500. The van der Waals surface area contributed by atoms with Crippen LogP contribution in [0.1, 0.15) is 26.2 Å². The van der Waals surface area contributed by atoms with E-state index in [9.17, 15) is 14.7 Å². The molecule has 1 heterocycles. The van der Waals surface area contributed by atoms with Gasteiger partial charge in [0.2, 0.25) is 0 Å². The average Bonchev–Trinajstić information content (AvgIpc) is 2.41. The second-order valence-electron chi connectivity index (χ2n) is 5.10. The molecule has 0 aromatic heterocycles. The number of benzene rings is 1. The number of halogens is 1. The molecule has 0 spiro atoms. The molecule has 5 nitrogen and oxygen atoms in total. The topological polar surface area (TPSA) is 69.6 Å². The van der Waals surface area contributed by atoms with Crippen molar-refractivity contribution in [1.29, 1.82) is 0 Å². The fourth-order valence-electron chi connectivity index (χ4n) is 2.41. The molecular weight excluding hydrogens is 324 g/mol. The third-order valence-corrected chi connectivity index (χ3v) is 4.40. The van der Waals surface area contributed by atoms with Crippen molar-refractivity contribution in [3.05, 3.63) is 28.7 Å². The van der Waals surface area contributed by atoms with Crippen molar-refractivity contribution in [2.45, 2.75) is 31.7 Å². The Bertz CT molecular complexity index is 535. The Morgan fingerprint density at radius 2 is 2.05 bits per heavy atom. The van der Waals surface area contributed by atoms with E-state index in [4.69, 9.17) is 0 Å². The second kappa shape index (κ2) is 5.83.